The second-order valence-corrected chi connectivity index (χ2v) is 7.89. The van der Waals surface area contributed by atoms with Crippen molar-refractivity contribution >= 4 is 17.7 Å². The van der Waals surface area contributed by atoms with Gasteiger partial charge in [0.15, 0.2) is 5.03 Å². The van der Waals surface area contributed by atoms with Gasteiger partial charge < -0.3 is 5.32 Å². The van der Waals surface area contributed by atoms with Crippen molar-refractivity contribution < 1.29 is 4.79 Å². The minimum Gasteiger partial charge on any atom is -0.349 e. The van der Waals surface area contributed by atoms with Gasteiger partial charge >= 0.3 is 0 Å². The Morgan fingerprint density at radius 1 is 1.21 bits per heavy atom. The second-order valence-electron chi connectivity index (χ2n) is 6.93. The number of aromatic nitrogens is 2. The number of benzene rings is 2. The molecule has 0 atom stereocenters. The highest BCUT2D eigenvalue weighted by atomic mass is 32.2. The maximum Gasteiger partial charge on any atom is 0.287 e. The van der Waals surface area contributed by atoms with Crippen LogP contribution in [-0.4, -0.2) is 21.5 Å². The minimum absolute atomic E-state index is 0.0930. The molecule has 1 aromatic heterocycles. The zero-order valence-electron chi connectivity index (χ0n) is 15.6. The third-order valence-electron chi connectivity index (χ3n) is 4.67. The zero-order valence-corrected chi connectivity index (χ0v) is 16.4. The van der Waals surface area contributed by atoms with Crippen LogP contribution in [0.4, 0.5) is 0 Å². The molecule has 0 spiro atoms. The second kappa shape index (κ2) is 8.02. The van der Waals surface area contributed by atoms with Crippen LogP contribution < -0.4 is 10.9 Å². The van der Waals surface area contributed by atoms with Crippen LogP contribution in [0.3, 0.4) is 0 Å². The van der Waals surface area contributed by atoms with Gasteiger partial charge in [0.2, 0.25) is 0 Å². The highest BCUT2D eigenvalue weighted by molar-refractivity contribution is 7.98. The van der Waals surface area contributed by atoms with Crippen molar-refractivity contribution in [3.63, 3.8) is 0 Å². The van der Waals surface area contributed by atoms with Gasteiger partial charge in [-0.05, 0) is 43.0 Å². The Kier molecular flexibility index (Phi) is 5.30. The molecule has 1 N–H and O–H groups in total. The third-order valence-corrected chi connectivity index (χ3v) is 5.70. The van der Waals surface area contributed by atoms with E-state index in [-0.39, 0.29) is 11.5 Å². The lowest BCUT2D eigenvalue weighted by atomic mass is 10.1. The molecule has 4 rings (SSSR count). The minimum atomic E-state index is -0.175. The Hall–Kier alpha value is -2.86. The molecule has 6 heteroatoms. The van der Waals surface area contributed by atoms with E-state index in [9.17, 15) is 9.59 Å². The van der Waals surface area contributed by atoms with Gasteiger partial charge in [-0.2, -0.15) is 0 Å². The van der Waals surface area contributed by atoms with E-state index in [4.69, 9.17) is 0 Å². The zero-order chi connectivity index (χ0) is 19.5. The molecule has 0 radical (unpaired) electrons. The molecule has 1 saturated carbocycles. The van der Waals surface area contributed by atoms with Crippen LogP contribution in [0.5, 0.6) is 0 Å². The van der Waals surface area contributed by atoms with Crippen LogP contribution in [0.25, 0.3) is 5.69 Å². The fourth-order valence-corrected chi connectivity index (χ4v) is 3.77. The molecule has 5 nitrogen and oxygen atoms in total. The Labute approximate surface area is 167 Å². The quantitative estimate of drug-likeness (QED) is 0.651. The van der Waals surface area contributed by atoms with Gasteiger partial charge in [-0.25, -0.2) is 4.98 Å². The van der Waals surface area contributed by atoms with E-state index in [2.05, 4.69) is 10.3 Å². The van der Waals surface area contributed by atoms with Crippen molar-refractivity contribution in [3.05, 3.63) is 88.0 Å². The molecule has 2 aromatic carbocycles. The summed E-state index contributed by atoms with van der Waals surface area (Å²) in [6.45, 7) is 1.93. The molecule has 28 heavy (non-hydrogen) atoms. The van der Waals surface area contributed by atoms with Crippen LogP contribution in [-0.2, 0) is 5.75 Å². The fraction of sp³-hybridized carbons (Fsp3) is 0.227. The van der Waals surface area contributed by atoms with Crippen LogP contribution in [0.15, 0.2) is 70.7 Å². The molecule has 3 aromatic rings. The van der Waals surface area contributed by atoms with Crippen molar-refractivity contribution in [1.29, 1.82) is 0 Å². The van der Waals surface area contributed by atoms with E-state index < -0.39 is 0 Å². The number of amides is 1. The summed E-state index contributed by atoms with van der Waals surface area (Å²) in [5.74, 6) is 0.583. The smallest absolute Gasteiger partial charge is 0.287 e. The summed E-state index contributed by atoms with van der Waals surface area (Å²) >= 11 is 1.42. The molecule has 0 unspecified atom stereocenters. The molecular weight excluding hydrogens is 370 g/mol. The lowest BCUT2D eigenvalue weighted by Crippen LogP contribution is -2.26. The van der Waals surface area contributed by atoms with Gasteiger partial charge in [0, 0.05) is 29.8 Å². The number of nitrogens with one attached hydrogen (secondary N) is 1. The van der Waals surface area contributed by atoms with E-state index in [0.29, 0.717) is 28.1 Å². The highest BCUT2D eigenvalue weighted by Crippen LogP contribution is 2.22. The normalized spacial score (nSPS) is 13.3. The van der Waals surface area contributed by atoms with Crippen LogP contribution in [0.2, 0.25) is 0 Å². The van der Waals surface area contributed by atoms with Crippen LogP contribution in [0, 0.1) is 6.92 Å². The molecule has 1 aliphatic rings. The van der Waals surface area contributed by atoms with E-state index in [1.807, 2.05) is 43.3 Å². The van der Waals surface area contributed by atoms with E-state index in [1.54, 1.807) is 29.1 Å². The van der Waals surface area contributed by atoms with Gasteiger partial charge in [-0.1, -0.05) is 48.2 Å². The summed E-state index contributed by atoms with van der Waals surface area (Å²) in [6.07, 6.45) is 5.36. The number of carbonyl (C=O) groups is 1. The molecule has 1 amide bonds. The SMILES string of the molecule is Cc1ccc(C(=O)NC2CC2)cc1-n1ccnc(SCc2ccccc2)c1=O. The largest absolute Gasteiger partial charge is 0.349 e. The molecule has 0 saturated heterocycles. The number of hydrogen-bond donors (Lipinski definition) is 1. The highest BCUT2D eigenvalue weighted by Gasteiger charge is 2.24. The van der Waals surface area contributed by atoms with Gasteiger partial charge in [-0.15, -0.1) is 0 Å². The van der Waals surface area contributed by atoms with E-state index in [1.165, 1.54) is 11.8 Å². The maximum absolute atomic E-state index is 13.0. The molecular formula is C22H21N3O2S. The van der Waals surface area contributed by atoms with Crippen LogP contribution >= 0.6 is 11.8 Å². The third kappa shape index (κ3) is 4.17. The lowest BCUT2D eigenvalue weighted by molar-refractivity contribution is 0.0951. The molecule has 0 aliphatic heterocycles. The number of thioether (sulfide) groups is 1. The van der Waals surface area contributed by atoms with Gasteiger partial charge in [0.1, 0.15) is 0 Å². The van der Waals surface area contributed by atoms with Gasteiger partial charge in [-0.3, -0.25) is 14.2 Å². The molecule has 1 fully saturated rings. The Bertz CT molecular complexity index is 1060. The first kappa shape index (κ1) is 18.5. The average molecular weight is 391 g/mol. The monoisotopic (exact) mass is 391 g/mol. The van der Waals surface area contributed by atoms with Gasteiger partial charge in [0.05, 0.1) is 5.69 Å². The van der Waals surface area contributed by atoms with Crippen molar-refractivity contribution in [2.75, 3.05) is 0 Å². The summed E-state index contributed by atoms with van der Waals surface area (Å²) in [5.41, 5.74) is 3.16. The number of rotatable bonds is 6. The van der Waals surface area contributed by atoms with Gasteiger partial charge in [0.25, 0.3) is 11.5 Å². The number of carbonyl (C=O) groups excluding carboxylic acids is 1. The summed E-state index contributed by atoms with van der Waals surface area (Å²) < 4.78 is 1.57. The standard InChI is InChI=1S/C22H21N3O2S/c1-15-7-8-17(20(26)24-18-9-10-18)13-19(15)25-12-11-23-21(22(25)27)28-14-16-5-3-2-4-6-16/h2-8,11-13,18H,9-10,14H2,1H3,(H,24,26). The Morgan fingerprint density at radius 2 is 2.00 bits per heavy atom. The Morgan fingerprint density at radius 3 is 2.75 bits per heavy atom. The predicted molar refractivity (Wildman–Crippen MR) is 111 cm³/mol. The summed E-state index contributed by atoms with van der Waals surface area (Å²) in [5, 5.41) is 3.43. The molecule has 142 valence electrons. The van der Waals surface area contributed by atoms with Crippen molar-refractivity contribution in [1.82, 2.24) is 14.9 Å². The first-order valence-corrected chi connectivity index (χ1v) is 10.3. The first-order valence-electron chi connectivity index (χ1n) is 9.28. The maximum atomic E-state index is 13.0. The number of nitrogens with zero attached hydrogens (tertiary/aromatic N) is 2. The van der Waals surface area contributed by atoms with Crippen molar-refractivity contribution in [2.24, 2.45) is 0 Å². The summed E-state index contributed by atoms with van der Waals surface area (Å²) in [6, 6.07) is 15.7. The Balaban J connectivity index is 1.61. The topological polar surface area (TPSA) is 64.0 Å². The lowest BCUT2D eigenvalue weighted by Gasteiger charge is -2.12. The summed E-state index contributed by atoms with van der Waals surface area (Å²) in [4.78, 5) is 29.6. The van der Waals surface area contributed by atoms with E-state index >= 15 is 0 Å². The first-order chi connectivity index (χ1) is 13.6. The number of aryl methyl sites for hydroxylation is 1. The molecule has 1 heterocycles. The molecule has 0 bridgehead atoms. The van der Waals surface area contributed by atoms with Crippen molar-refractivity contribution in [3.8, 4) is 5.69 Å². The average Bonchev–Trinajstić information content (AvgIpc) is 3.52. The predicted octanol–water partition coefficient (Wildman–Crippen LogP) is 3.73. The summed E-state index contributed by atoms with van der Waals surface area (Å²) in [7, 11) is 0. The van der Waals surface area contributed by atoms with Crippen LogP contribution in [0.1, 0.15) is 34.3 Å². The van der Waals surface area contributed by atoms with E-state index in [0.717, 1.165) is 24.0 Å². The fourth-order valence-electron chi connectivity index (χ4n) is 2.91. The van der Waals surface area contributed by atoms with Crippen molar-refractivity contribution in [2.45, 2.75) is 36.6 Å². The number of hydrogen-bond acceptors (Lipinski definition) is 4. The molecule has 1 aliphatic carbocycles.